The molecule has 4 heteroatoms. The van der Waals surface area contributed by atoms with Gasteiger partial charge in [0.05, 0.1) is 0 Å². The third-order valence-corrected chi connectivity index (χ3v) is 11.3. The summed E-state index contributed by atoms with van der Waals surface area (Å²) in [6.45, 7) is 9.98. The lowest BCUT2D eigenvalue weighted by molar-refractivity contribution is 0.0522. The van der Waals surface area contributed by atoms with Gasteiger partial charge in [0.1, 0.15) is 0 Å². The smallest absolute Gasteiger partial charge is 0.00390 e. The predicted molar refractivity (Wildman–Crippen MR) is 147 cm³/mol. The molecule has 4 nitrogen and oxygen atoms in total. The van der Waals surface area contributed by atoms with Crippen LogP contribution in [0.2, 0.25) is 0 Å². The van der Waals surface area contributed by atoms with E-state index in [1.165, 1.54) is 103 Å². The molecule has 200 valence electrons. The van der Waals surface area contributed by atoms with Crippen LogP contribution in [0.25, 0.3) is 0 Å². The minimum absolute atomic E-state index is 0.474. The summed E-state index contributed by atoms with van der Waals surface area (Å²) >= 11 is 0. The lowest BCUT2D eigenvalue weighted by Crippen LogP contribution is -2.40. The van der Waals surface area contributed by atoms with Crippen LogP contribution in [0.3, 0.4) is 0 Å². The van der Waals surface area contributed by atoms with Crippen LogP contribution in [0.15, 0.2) is 0 Å². The molecule has 4 saturated carbocycles. The van der Waals surface area contributed by atoms with E-state index in [1.807, 2.05) is 0 Å². The van der Waals surface area contributed by atoms with Gasteiger partial charge in [0, 0.05) is 24.2 Å². The second kappa shape index (κ2) is 12.4. The van der Waals surface area contributed by atoms with Gasteiger partial charge < -0.3 is 22.9 Å². The van der Waals surface area contributed by atoms with Crippen LogP contribution >= 0.6 is 0 Å². The summed E-state index contributed by atoms with van der Waals surface area (Å²) in [6.07, 6.45) is 20.6. The molecular weight excluding hydrogens is 416 g/mol. The molecule has 0 aliphatic heterocycles. The molecule has 0 unspecified atom stereocenters. The van der Waals surface area contributed by atoms with Crippen molar-refractivity contribution in [1.29, 1.82) is 0 Å². The Labute approximate surface area is 212 Å². The molecule has 0 spiro atoms. The van der Waals surface area contributed by atoms with Gasteiger partial charge in [-0.15, -0.1) is 0 Å². The van der Waals surface area contributed by atoms with Gasteiger partial charge >= 0.3 is 0 Å². The summed E-state index contributed by atoms with van der Waals surface area (Å²) in [7, 11) is 0. The lowest BCUT2D eigenvalue weighted by atomic mass is 9.60. The molecule has 4 aliphatic rings. The van der Waals surface area contributed by atoms with Gasteiger partial charge in [0.2, 0.25) is 0 Å². The summed E-state index contributed by atoms with van der Waals surface area (Å²) in [5, 5.41) is 0. The maximum Gasteiger partial charge on any atom is 0.00390 e. The van der Waals surface area contributed by atoms with E-state index >= 15 is 0 Å². The Morgan fingerprint density at radius 1 is 0.324 bits per heavy atom. The Bertz CT molecular complexity index is 471. The number of rotatable bonds is 4. The maximum atomic E-state index is 6.02. The van der Waals surface area contributed by atoms with Crippen LogP contribution in [0.1, 0.15) is 130 Å². The van der Waals surface area contributed by atoms with Gasteiger partial charge in [-0.1, -0.05) is 27.7 Å². The van der Waals surface area contributed by atoms with Crippen LogP contribution in [-0.4, -0.2) is 24.2 Å². The fraction of sp³-hybridized carbons (Fsp3) is 1.00. The Morgan fingerprint density at radius 2 is 0.471 bits per heavy atom. The van der Waals surface area contributed by atoms with Gasteiger partial charge in [0.15, 0.2) is 0 Å². The first kappa shape index (κ1) is 28.4. The SMILES string of the molecule is CC(C)(C1CCC(N)CC1)C1CCC(N)CC1.CC(C)(C1CCC(N)CC1)C1CCC(N)CC1. The van der Waals surface area contributed by atoms with Crippen molar-refractivity contribution in [3.63, 3.8) is 0 Å². The molecule has 0 aromatic heterocycles. The topological polar surface area (TPSA) is 104 Å². The van der Waals surface area contributed by atoms with Crippen molar-refractivity contribution in [3.05, 3.63) is 0 Å². The molecule has 0 heterocycles. The Hall–Kier alpha value is -0.160. The summed E-state index contributed by atoms with van der Waals surface area (Å²) in [4.78, 5) is 0. The summed E-state index contributed by atoms with van der Waals surface area (Å²) in [5.74, 6) is 3.56. The van der Waals surface area contributed by atoms with Gasteiger partial charge in [-0.25, -0.2) is 0 Å². The largest absolute Gasteiger partial charge is 0.328 e. The fourth-order valence-electron chi connectivity index (χ4n) is 8.12. The normalized spacial score (nSPS) is 40.2. The second-order valence-corrected chi connectivity index (χ2v) is 14.1. The third kappa shape index (κ3) is 7.43. The van der Waals surface area contributed by atoms with Gasteiger partial charge in [0.25, 0.3) is 0 Å². The molecule has 0 bridgehead atoms. The van der Waals surface area contributed by atoms with E-state index in [2.05, 4.69) is 27.7 Å². The first-order valence-corrected chi connectivity index (χ1v) is 15.0. The average Bonchev–Trinajstić information content (AvgIpc) is 2.81. The van der Waals surface area contributed by atoms with E-state index in [1.54, 1.807) is 0 Å². The standard InChI is InChI=1S/2C15H30N2/c2*1-15(2,11-3-7-13(16)8-4-11)12-5-9-14(17)10-6-12/h2*11-14H,3-10,16-17H2,1-2H3. The van der Waals surface area contributed by atoms with Crippen molar-refractivity contribution in [2.45, 2.75) is 155 Å². The quantitative estimate of drug-likeness (QED) is 0.394. The fourth-order valence-corrected chi connectivity index (χ4v) is 8.12. The van der Waals surface area contributed by atoms with E-state index in [0.29, 0.717) is 35.0 Å². The van der Waals surface area contributed by atoms with Gasteiger partial charge in [-0.3, -0.25) is 0 Å². The number of nitrogens with two attached hydrogens (primary N) is 4. The minimum atomic E-state index is 0.474. The predicted octanol–water partition coefficient (Wildman–Crippen LogP) is 6.10. The van der Waals surface area contributed by atoms with Crippen molar-refractivity contribution in [1.82, 2.24) is 0 Å². The highest BCUT2D eigenvalue weighted by atomic mass is 14.7. The molecular formula is C30H60N4. The molecule has 4 rings (SSSR count). The molecule has 0 radical (unpaired) electrons. The number of hydrogen-bond acceptors (Lipinski definition) is 4. The van der Waals surface area contributed by atoms with Crippen LogP contribution in [0, 0.1) is 34.5 Å². The molecule has 0 saturated heterocycles. The third-order valence-electron chi connectivity index (χ3n) is 11.3. The van der Waals surface area contributed by atoms with E-state index in [-0.39, 0.29) is 0 Å². The maximum absolute atomic E-state index is 6.02. The van der Waals surface area contributed by atoms with Crippen LogP contribution in [0.4, 0.5) is 0 Å². The summed E-state index contributed by atoms with van der Waals surface area (Å²) < 4.78 is 0. The van der Waals surface area contributed by atoms with Crippen molar-refractivity contribution < 1.29 is 0 Å². The molecule has 0 atom stereocenters. The van der Waals surface area contributed by atoms with E-state index in [9.17, 15) is 0 Å². The van der Waals surface area contributed by atoms with E-state index in [0.717, 1.165) is 23.7 Å². The first-order chi connectivity index (χ1) is 16.0. The van der Waals surface area contributed by atoms with Crippen LogP contribution < -0.4 is 22.9 Å². The van der Waals surface area contributed by atoms with Gasteiger partial charge in [-0.05, 0) is 137 Å². The second-order valence-electron chi connectivity index (χ2n) is 14.1. The molecule has 4 fully saturated rings. The van der Waals surface area contributed by atoms with E-state index in [4.69, 9.17) is 22.9 Å². The minimum Gasteiger partial charge on any atom is -0.328 e. The van der Waals surface area contributed by atoms with Crippen molar-refractivity contribution >= 4 is 0 Å². The molecule has 34 heavy (non-hydrogen) atoms. The molecule has 0 aromatic carbocycles. The highest BCUT2D eigenvalue weighted by Gasteiger charge is 2.40. The highest BCUT2D eigenvalue weighted by Crippen LogP contribution is 2.49. The Balaban J connectivity index is 0.000000191. The first-order valence-electron chi connectivity index (χ1n) is 15.0. The summed E-state index contributed by atoms with van der Waals surface area (Å²) in [6, 6.07) is 1.90. The Kier molecular flexibility index (Phi) is 10.4. The highest BCUT2D eigenvalue weighted by molar-refractivity contribution is 4.92. The van der Waals surface area contributed by atoms with Gasteiger partial charge in [-0.2, -0.15) is 0 Å². The Morgan fingerprint density at radius 3 is 0.618 bits per heavy atom. The molecule has 4 aliphatic carbocycles. The average molecular weight is 477 g/mol. The zero-order valence-electron chi connectivity index (χ0n) is 23.2. The zero-order valence-corrected chi connectivity index (χ0v) is 23.2. The van der Waals surface area contributed by atoms with E-state index < -0.39 is 0 Å². The van der Waals surface area contributed by atoms with Crippen molar-refractivity contribution in [3.8, 4) is 0 Å². The zero-order chi connectivity index (χ0) is 24.9. The van der Waals surface area contributed by atoms with Crippen molar-refractivity contribution in [2.75, 3.05) is 0 Å². The molecule has 8 N–H and O–H groups in total. The number of hydrogen-bond donors (Lipinski definition) is 4. The molecule has 0 aromatic rings. The molecule has 0 amide bonds. The lowest BCUT2D eigenvalue weighted by Gasteiger charge is -2.46. The van der Waals surface area contributed by atoms with Crippen LogP contribution in [0.5, 0.6) is 0 Å². The van der Waals surface area contributed by atoms with Crippen molar-refractivity contribution in [2.24, 2.45) is 57.4 Å². The monoisotopic (exact) mass is 476 g/mol. The van der Waals surface area contributed by atoms with Crippen LogP contribution in [-0.2, 0) is 0 Å². The summed E-state index contributed by atoms with van der Waals surface area (Å²) in [5.41, 5.74) is 25.1.